The molecule has 3 atom stereocenters. The number of hydrogen-bond donors (Lipinski definition) is 5. The van der Waals surface area contributed by atoms with E-state index in [-0.39, 0.29) is 5.75 Å². The average Bonchev–Trinajstić information content (AvgIpc) is 2.24. The summed E-state index contributed by atoms with van der Waals surface area (Å²) < 4.78 is 1.20. The Hall–Kier alpha value is -0.770. The largest absolute Gasteiger partial charge is 0.465 e. The maximum absolute atomic E-state index is 11.8. The zero-order valence-electron chi connectivity index (χ0n) is 9.90. The van der Waals surface area contributed by atoms with E-state index in [9.17, 15) is 19.5 Å². The second-order valence-electron chi connectivity index (χ2n) is 3.67. The molecular formula is C9H16N2O5S2. The van der Waals surface area contributed by atoms with Gasteiger partial charge in [-0.15, -0.1) is 0 Å². The summed E-state index contributed by atoms with van der Waals surface area (Å²) in [5, 5.41) is 19.7. The number of aliphatic hydroxyl groups excluding tert-OH is 1. The van der Waals surface area contributed by atoms with E-state index in [4.69, 9.17) is 5.11 Å². The second kappa shape index (κ2) is 7.62. The van der Waals surface area contributed by atoms with Crippen molar-refractivity contribution in [3.05, 3.63) is 0 Å². The molecule has 0 spiro atoms. The Bertz CT molecular complexity index is 335. The van der Waals surface area contributed by atoms with E-state index in [1.54, 1.807) is 5.32 Å². The minimum absolute atomic E-state index is 0.0458. The number of hydrogen-bond acceptors (Lipinski definition) is 7. The summed E-state index contributed by atoms with van der Waals surface area (Å²) in [6.45, 7) is 1.21. The molecule has 0 aliphatic heterocycles. The monoisotopic (exact) mass is 296 g/mol. The molecule has 18 heavy (non-hydrogen) atoms. The molecule has 0 unspecified atom stereocenters. The van der Waals surface area contributed by atoms with Crippen LogP contribution in [-0.4, -0.2) is 63.2 Å². The van der Waals surface area contributed by atoms with Gasteiger partial charge < -0.3 is 15.5 Å². The van der Waals surface area contributed by atoms with E-state index in [1.807, 2.05) is 0 Å². The molecule has 0 bridgehead atoms. The number of aliphatic hydroxyl groups is 1. The number of Topliss-reactive ketones (excluding diaryl/α,β-unsaturated/α-hetero) is 2. The fraction of sp³-hybridized carbons (Fsp3) is 0.667. The molecule has 0 aliphatic rings. The molecule has 7 nitrogen and oxygen atoms in total. The molecule has 0 aromatic heterocycles. The summed E-state index contributed by atoms with van der Waals surface area (Å²) in [5.41, 5.74) is 0. The van der Waals surface area contributed by atoms with Gasteiger partial charge in [-0.25, -0.2) is 9.10 Å². The SMILES string of the molecule is C[C@@H](O)[C@H](NC(=O)O)C(=O)C(=O)[C@H](CS)N(C)S. The smallest absolute Gasteiger partial charge is 0.405 e. The highest BCUT2D eigenvalue weighted by Crippen LogP contribution is 2.07. The highest BCUT2D eigenvalue weighted by Gasteiger charge is 2.35. The third-order valence-corrected chi connectivity index (χ3v) is 2.84. The standard InChI is InChI=1S/C9H16N2O5S2/c1-4(12)6(10-9(15)16)8(14)7(13)5(3-17)11(2)18/h4-6,10,12,17-18H,3H2,1-2H3,(H,15,16)/t4-,5+,6+/m1/s1. The normalized spacial score (nSPS) is 15.9. The number of carboxylic acid groups (broad SMARTS) is 1. The first-order chi connectivity index (χ1) is 8.22. The zero-order chi connectivity index (χ0) is 14.5. The number of carbonyl (C=O) groups is 3. The maximum Gasteiger partial charge on any atom is 0.405 e. The Labute approximate surface area is 115 Å². The van der Waals surface area contributed by atoms with Gasteiger partial charge in [0.2, 0.25) is 11.6 Å². The van der Waals surface area contributed by atoms with Crippen LogP contribution in [0.5, 0.6) is 0 Å². The Kier molecular flexibility index (Phi) is 7.29. The molecule has 0 aliphatic carbocycles. The molecule has 0 fully saturated rings. The van der Waals surface area contributed by atoms with Crippen molar-refractivity contribution in [1.29, 1.82) is 0 Å². The third-order valence-electron chi connectivity index (χ3n) is 2.21. The lowest BCUT2D eigenvalue weighted by Gasteiger charge is -2.23. The van der Waals surface area contributed by atoms with Crippen molar-refractivity contribution in [3.8, 4) is 0 Å². The van der Waals surface area contributed by atoms with Crippen molar-refractivity contribution in [2.75, 3.05) is 12.8 Å². The molecule has 0 aromatic carbocycles. The highest BCUT2D eigenvalue weighted by atomic mass is 32.1. The molecule has 0 aromatic rings. The van der Waals surface area contributed by atoms with Gasteiger partial charge in [-0.3, -0.25) is 9.59 Å². The number of nitrogens with one attached hydrogen (secondary N) is 1. The van der Waals surface area contributed by atoms with Gasteiger partial charge in [0.1, 0.15) is 6.04 Å². The molecule has 0 rings (SSSR count). The van der Waals surface area contributed by atoms with Crippen LogP contribution in [0, 0.1) is 0 Å². The fourth-order valence-electron chi connectivity index (χ4n) is 1.23. The lowest BCUT2D eigenvalue weighted by molar-refractivity contribution is -0.140. The first-order valence-electron chi connectivity index (χ1n) is 5.00. The minimum Gasteiger partial charge on any atom is -0.465 e. The predicted molar refractivity (Wildman–Crippen MR) is 71.0 cm³/mol. The quantitative estimate of drug-likeness (QED) is 0.311. The van der Waals surface area contributed by atoms with Gasteiger partial charge >= 0.3 is 6.09 Å². The van der Waals surface area contributed by atoms with Crippen molar-refractivity contribution in [2.24, 2.45) is 0 Å². The van der Waals surface area contributed by atoms with Gasteiger partial charge in [-0.2, -0.15) is 12.6 Å². The van der Waals surface area contributed by atoms with Crippen LogP contribution < -0.4 is 5.32 Å². The molecule has 104 valence electrons. The summed E-state index contributed by atoms with van der Waals surface area (Å²) in [5.74, 6) is -1.83. The van der Waals surface area contributed by atoms with Crippen molar-refractivity contribution < 1.29 is 24.6 Å². The molecule has 0 radical (unpaired) electrons. The van der Waals surface area contributed by atoms with E-state index in [2.05, 4.69) is 25.4 Å². The average molecular weight is 296 g/mol. The highest BCUT2D eigenvalue weighted by molar-refractivity contribution is 7.80. The van der Waals surface area contributed by atoms with Crippen LogP contribution in [0.25, 0.3) is 0 Å². The van der Waals surface area contributed by atoms with Crippen molar-refractivity contribution >= 4 is 43.1 Å². The lowest BCUT2D eigenvalue weighted by atomic mass is 10.0. The van der Waals surface area contributed by atoms with Crippen molar-refractivity contribution in [2.45, 2.75) is 25.1 Å². The van der Waals surface area contributed by atoms with Crippen LogP contribution in [0.1, 0.15) is 6.92 Å². The van der Waals surface area contributed by atoms with Gasteiger partial charge in [0.05, 0.1) is 12.1 Å². The molecule has 0 heterocycles. The number of thiol groups is 2. The predicted octanol–water partition coefficient (Wildman–Crippen LogP) is -0.783. The van der Waals surface area contributed by atoms with Crippen LogP contribution in [0.4, 0.5) is 4.79 Å². The summed E-state index contributed by atoms with van der Waals surface area (Å²) in [4.78, 5) is 34.1. The van der Waals surface area contributed by atoms with Gasteiger partial charge in [0.25, 0.3) is 0 Å². The minimum atomic E-state index is -1.50. The van der Waals surface area contributed by atoms with Crippen LogP contribution in [0.15, 0.2) is 0 Å². The van der Waals surface area contributed by atoms with E-state index < -0.39 is 35.8 Å². The van der Waals surface area contributed by atoms with E-state index >= 15 is 0 Å². The molecule has 0 saturated heterocycles. The molecule has 0 saturated carbocycles. The Morgan fingerprint density at radius 2 is 1.83 bits per heavy atom. The van der Waals surface area contributed by atoms with Gasteiger partial charge in [0, 0.05) is 5.75 Å². The van der Waals surface area contributed by atoms with E-state index in [1.165, 1.54) is 18.3 Å². The van der Waals surface area contributed by atoms with Gasteiger partial charge in [-0.05, 0) is 14.0 Å². The van der Waals surface area contributed by atoms with E-state index in [0.717, 1.165) is 0 Å². The molecule has 1 amide bonds. The van der Waals surface area contributed by atoms with Crippen LogP contribution >= 0.6 is 25.4 Å². The van der Waals surface area contributed by atoms with Crippen LogP contribution in [0.3, 0.4) is 0 Å². The number of carbonyl (C=O) groups excluding carboxylic acids is 2. The Morgan fingerprint density at radius 1 is 1.33 bits per heavy atom. The molecular weight excluding hydrogens is 280 g/mol. The Balaban J connectivity index is 4.97. The zero-order valence-corrected chi connectivity index (χ0v) is 11.7. The molecule has 3 N–H and O–H groups in total. The second-order valence-corrected chi connectivity index (χ2v) is 4.66. The van der Waals surface area contributed by atoms with Gasteiger partial charge in [-0.1, -0.05) is 12.8 Å². The Morgan fingerprint density at radius 3 is 2.11 bits per heavy atom. The van der Waals surface area contributed by atoms with Crippen LogP contribution in [0.2, 0.25) is 0 Å². The number of rotatable bonds is 7. The fourth-order valence-corrected chi connectivity index (χ4v) is 1.95. The summed E-state index contributed by atoms with van der Waals surface area (Å²) in [7, 11) is 1.47. The summed E-state index contributed by atoms with van der Waals surface area (Å²) in [6, 6.07) is -2.38. The number of ketones is 2. The number of nitrogens with zero attached hydrogens (tertiary/aromatic N) is 1. The maximum atomic E-state index is 11.8. The van der Waals surface area contributed by atoms with Crippen LogP contribution in [-0.2, 0) is 9.59 Å². The summed E-state index contributed by atoms with van der Waals surface area (Å²) >= 11 is 7.83. The number of likely N-dealkylation sites (N-methyl/N-ethyl adjacent to an activating group) is 1. The third kappa shape index (κ3) is 4.84. The van der Waals surface area contributed by atoms with E-state index in [0.29, 0.717) is 0 Å². The van der Waals surface area contributed by atoms with Crippen molar-refractivity contribution in [1.82, 2.24) is 9.62 Å². The number of amides is 1. The first-order valence-corrected chi connectivity index (χ1v) is 6.03. The summed E-state index contributed by atoms with van der Waals surface area (Å²) in [6.07, 6.45) is -2.81. The van der Waals surface area contributed by atoms with Gasteiger partial charge in [0.15, 0.2) is 0 Å². The first kappa shape index (κ1) is 17.2. The van der Waals surface area contributed by atoms with Crippen molar-refractivity contribution in [3.63, 3.8) is 0 Å². The molecule has 9 heteroatoms. The lowest BCUT2D eigenvalue weighted by Crippen LogP contribution is -2.53. The topological polar surface area (TPSA) is 107 Å².